The molecule has 0 saturated carbocycles. The van der Waals surface area contributed by atoms with E-state index in [1.165, 1.54) is 0 Å². The summed E-state index contributed by atoms with van der Waals surface area (Å²) >= 11 is 6.11. The summed E-state index contributed by atoms with van der Waals surface area (Å²) in [6, 6.07) is 0. The fourth-order valence-electron chi connectivity index (χ4n) is 0.565. The molecule has 0 aromatic carbocycles. The Morgan fingerprint density at radius 3 is 2.42 bits per heavy atom. The number of hydrogen-bond donors (Lipinski definition) is 2. The van der Waals surface area contributed by atoms with Crippen LogP contribution in [0.2, 0.25) is 5.02 Å². The average Bonchev–Trinajstić information content (AvgIpc) is 2.30. The Morgan fingerprint density at radius 2 is 2.17 bits per heavy atom. The SMILES string of the molecule is NC(=O)c1nsc(C(=O)O)c1Cl. The molecule has 1 rings (SSSR count). The van der Waals surface area contributed by atoms with E-state index in [0.29, 0.717) is 11.5 Å². The van der Waals surface area contributed by atoms with Gasteiger partial charge in [0.25, 0.3) is 5.91 Å². The quantitative estimate of drug-likeness (QED) is 0.741. The number of aromatic carboxylic acids is 1. The Hall–Kier alpha value is -1.14. The van der Waals surface area contributed by atoms with Crippen LogP contribution in [0.4, 0.5) is 0 Å². The van der Waals surface area contributed by atoms with Gasteiger partial charge in [0.05, 0.1) is 5.02 Å². The third-order valence-electron chi connectivity index (χ3n) is 1.06. The number of carbonyl (C=O) groups is 2. The summed E-state index contributed by atoms with van der Waals surface area (Å²) in [6.45, 7) is 0. The van der Waals surface area contributed by atoms with Gasteiger partial charge in [-0.3, -0.25) is 4.79 Å². The van der Waals surface area contributed by atoms with Crippen LogP contribution in [0.5, 0.6) is 0 Å². The largest absolute Gasteiger partial charge is 0.477 e. The van der Waals surface area contributed by atoms with Gasteiger partial charge in [-0.25, -0.2) is 4.79 Å². The molecule has 0 aliphatic heterocycles. The first kappa shape index (κ1) is 8.95. The number of carboxylic acids is 1. The molecule has 0 aliphatic carbocycles. The minimum Gasteiger partial charge on any atom is -0.477 e. The van der Waals surface area contributed by atoms with Crippen molar-refractivity contribution in [2.45, 2.75) is 0 Å². The fourth-order valence-corrected chi connectivity index (χ4v) is 1.55. The highest BCUT2D eigenvalue weighted by Gasteiger charge is 2.20. The van der Waals surface area contributed by atoms with Crippen LogP contribution in [-0.2, 0) is 0 Å². The third kappa shape index (κ3) is 1.39. The second-order valence-corrected chi connectivity index (χ2v) is 3.00. The molecule has 5 nitrogen and oxygen atoms in total. The monoisotopic (exact) mass is 206 g/mol. The molecule has 0 spiro atoms. The molecule has 1 aromatic rings. The van der Waals surface area contributed by atoms with E-state index in [1.807, 2.05) is 0 Å². The van der Waals surface area contributed by atoms with Gasteiger partial charge in [-0.15, -0.1) is 0 Å². The number of nitrogens with zero attached hydrogens (tertiary/aromatic N) is 1. The Kier molecular flexibility index (Phi) is 2.30. The minimum absolute atomic E-state index is 0.175. The summed E-state index contributed by atoms with van der Waals surface area (Å²) in [6.07, 6.45) is 0. The normalized spacial score (nSPS) is 9.75. The van der Waals surface area contributed by atoms with Crippen molar-refractivity contribution in [2.24, 2.45) is 5.73 Å². The third-order valence-corrected chi connectivity index (χ3v) is 2.38. The molecule has 1 aromatic heterocycles. The first-order valence-electron chi connectivity index (χ1n) is 2.72. The zero-order valence-corrected chi connectivity index (χ0v) is 7.15. The van der Waals surface area contributed by atoms with Crippen molar-refractivity contribution >= 4 is 35.0 Å². The number of carbonyl (C=O) groups excluding carboxylic acids is 1. The standard InChI is InChI=1S/C5H3ClN2O3S/c6-1-2(4(7)9)8-12-3(1)5(10)11/h(H2,7,9)(H,10,11). The van der Waals surface area contributed by atoms with Gasteiger partial charge in [-0.1, -0.05) is 11.6 Å². The fraction of sp³-hybridized carbons (Fsp3) is 0. The first-order valence-corrected chi connectivity index (χ1v) is 3.87. The van der Waals surface area contributed by atoms with Crippen molar-refractivity contribution in [2.75, 3.05) is 0 Å². The number of halogens is 1. The molecule has 7 heteroatoms. The van der Waals surface area contributed by atoms with Gasteiger partial charge in [0.15, 0.2) is 10.6 Å². The maximum Gasteiger partial charge on any atom is 0.349 e. The molecule has 0 fully saturated rings. The molecule has 0 unspecified atom stereocenters. The lowest BCUT2D eigenvalue weighted by molar-refractivity contribution is 0.0702. The van der Waals surface area contributed by atoms with Crippen LogP contribution < -0.4 is 5.73 Å². The van der Waals surface area contributed by atoms with E-state index in [-0.39, 0.29) is 15.6 Å². The molecular weight excluding hydrogens is 204 g/mol. The number of carboxylic acid groups (broad SMARTS) is 1. The smallest absolute Gasteiger partial charge is 0.349 e. The van der Waals surface area contributed by atoms with Gasteiger partial charge in [0, 0.05) is 0 Å². The number of aromatic nitrogens is 1. The number of primary amides is 1. The summed E-state index contributed by atoms with van der Waals surface area (Å²) in [5, 5.41) is 8.30. The van der Waals surface area contributed by atoms with Crippen molar-refractivity contribution in [3.8, 4) is 0 Å². The van der Waals surface area contributed by atoms with Crippen molar-refractivity contribution in [1.82, 2.24) is 4.37 Å². The van der Waals surface area contributed by atoms with Crippen LogP contribution in [0.1, 0.15) is 20.2 Å². The van der Waals surface area contributed by atoms with Crippen LogP contribution >= 0.6 is 23.1 Å². The first-order chi connectivity index (χ1) is 5.54. The summed E-state index contributed by atoms with van der Waals surface area (Å²) in [4.78, 5) is 20.8. The predicted molar refractivity (Wildman–Crippen MR) is 42.6 cm³/mol. The molecule has 64 valence electrons. The Labute approximate surface area is 75.9 Å². The zero-order valence-electron chi connectivity index (χ0n) is 5.57. The van der Waals surface area contributed by atoms with Gasteiger partial charge in [-0.05, 0) is 11.5 Å². The lowest BCUT2D eigenvalue weighted by Crippen LogP contribution is -2.11. The van der Waals surface area contributed by atoms with E-state index in [1.54, 1.807) is 0 Å². The predicted octanol–water partition coefficient (Wildman–Crippen LogP) is 0.594. The maximum absolute atomic E-state index is 10.5. The molecule has 1 heterocycles. The number of nitrogens with two attached hydrogens (primary N) is 1. The van der Waals surface area contributed by atoms with Crippen molar-refractivity contribution in [1.29, 1.82) is 0 Å². The summed E-state index contributed by atoms with van der Waals surface area (Å²) < 4.78 is 3.49. The highest BCUT2D eigenvalue weighted by Crippen LogP contribution is 2.23. The summed E-state index contributed by atoms with van der Waals surface area (Å²) in [7, 11) is 0. The maximum atomic E-state index is 10.5. The summed E-state index contributed by atoms with van der Waals surface area (Å²) in [5.74, 6) is -2.05. The van der Waals surface area contributed by atoms with Crippen molar-refractivity contribution in [3.63, 3.8) is 0 Å². The van der Waals surface area contributed by atoms with Crippen molar-refractivity contribution in [3.05, 3.63) is 15.6 Å². The van der Waals surface area contributed by atoms with Crippen LogP contribution in [0.15, 0.2) is 0 Å². The lowest BCUT2D eigenvalue weighted by atomic mass is 10.3. The second-order valence-electron chi connectivity index (χ2n) is 1.84. The van der Waals surface area contributed by atoms with Crippen LogP contribution in [0, 0.1) is 0 Å². The number of rotatable bonds is 2. The number of hydrogen-bond acceptors (Lipinski definition) is 4. The van der Waals surface area contributed by atoms with Crippen LogP contribution in [0.3, 0.4) is 0 Å². The van der Waals surface area contributed by atoms with Crippen LogP contribution in [-0.4, -0.2) is 21.4 Å². The highest BCUT2D eigenvalue weighted by molar-refractivity contribution is 7.09. The molecular formula is C5H3ClN2O3S. The van der Waals surface area contributed by atoms with E-state index in [2.05, 4.69) is 4.37 Å². The molecule has 0 saturated heterocycles. The molecule has 12 heavy (non-hydrogen) atoms. The molecule has 3 N–H and O–H groups in total. The molecule has 0 bridgehead atoms. The Bertz CT molecular complexity index is 317. The van der Waals surface area contributed by atoms with Gasteiger partial charge in [0.2, 0.25) is 0 Å². The zero-order chi connectivity index (χ0) is 9.30. The van der Waals surface area contributed by atoms with Crippen LogP contribution in [0.25, 0.3) is 0 Å². The Balaban J connectivity index is 3.22. The lowest BCUT2D eigenvalue weighted by Gasteiger charge is -1.88. The number of amides is 1. The van der Waals surface area contributed by atoms with Gasteiger partial charge >= 0.3 is 5.97 Å². The molecule has 0 radical (unpaired) electrons. The molecule has 0 aliphatic rings. The topological polar surface area (TPSA) is 93.3 Å². The molecule has 1 amide bonds. The van der Waals surface area contributed by atoms with Gasteiger partial charge in [-0.2, -0.15) is 4.37 Å². The summed E-state index contributed by atoms with van der Waals surface area (Å²) in [5.41, 5.74) is 4.66. The van der Waals surface area contributed by atoms with Gasteiger partial charge < -0.3 is 10.8 Å². The average molecular weight is 207 g/mol. The minimum atomic E-state index is -1.22. The Morgan fingerprint density at radius 1 is 1.58 bits per heavy atom. The van der Waals surface area contributed by atoms with E-state index >= 15 is 0 Å². The van der Waals surface area contributed by atoms with E-state index in [4.69, 9.17) is 22.4 Å². The van der Waals surface area contributed by atoms with Crippen molar-refractivity contribution < 1.29 is 14.7 Å². The van der Waals surface area contributed by atoms with E-state index in [0.717, 1.165) is 0 Å². The van der Waals surface area contributed by atoms with Gasteiger partial charge in [0.1, 0.15) is 0 Å². The second kappa shape index (κ2) is 3.08. The highest BCUT2D eigenvalue weighted by atomic mass is 35.5. The van der Waals surface area contributed by atoms with E-state index < -0.39 is 11.9 Å². The molecule has 0 atom stereocenters. The van der Waals surface area contributed by atoms with E-state index in [9.17, 15) is 9.59 Å².